The number of fused-ring (bicyclic) bond motifs is 1. The SMILES string of the molecule is Nc1ncnc2cc(C[C@]3(NC(=O)Nc4ccc(Cl)s4)CCNC3=O)ccc12.O=C(O)C(F)(F)F. The molecule has 1 aromatic carbocycles. The summed E-state index contributed by atoms with van der Waals surface area (Å²) < 4.78 is 32.3. The number of nitrogens with one attached hydrogen (secondary N) is 3. The molecule has 0 bridgehead atoms. The second-order valence-corrected chi connectivity index (χ2v) is 9.08. The minimum Gasteiger partial charge on any atom is -0.475 e. The number of urea groups is 1. The van der Waals surface area contributed by atoms with Crippen LogP contribution in [-0.2, 0) is 16.0 Å². The summed E-state index contributed by atoms with van der Waals surface area (Å²) in [5.41, 5.74) is 6.38. The zero-order valence-corrected chi connectivity index (χ0v) is 19.2. The highest BCUT2D eigenvalue weighted by molar-refractivity contribution is 7.20. The Bertz CT molecular complexity index is 1270. The molecule has 1 aliphatic heterocycles. The van der Waals surface area contributed by atoms with E-state index in [4.69, 9.17) is 27.2 Å². The number of hydrogen-bond donors (Lipinski definition) is 5. The number of thiophene rings is 1. The summed E-state index contributed by atoms with van der Waals surface area (Å²) in [4.78, 5) is 42.2. The highest BCUT2D eigenvalue weighted by Crippen LogP contribution is 2.28. The van der Waals surface area contributed by atoms with Gasteiger partial charge in [-0.05, 0) is 36.2 Å². The second kappa shape index (κ2) is 10.3. The maximum absolute atomic E-state index is 12.6. The number of nitrogens with two attached hydrogens (primary N) is 1. The summed E-state index contributed by atoms with van der Waals surface area (Å²) >= 11 is 7.14. The average molecular weight is 531 g/mol. The van der Waals surface area contributed by atoms with Crippen LogP contribution in [0.25, 0.3) is 10.9 Å². The molecule has 2 aromatic heterocycles. The molecule has 4 rings (SSSR count). The first-order valence-electron chi connectivity index (χ1n) is 9.82. The molecule has 0 unspecified atom stereocenters. The predicted molar refractivity (Wildman–Crippen MR) is 123 cm³/mol. The Labute approximate surface area is 204 Å². The molecule has 0 saturated carbocycles. The Hall–Kier alpha value is -3.65. The summed E-state index contributed by atoms with van der Waals surface area (Å²) in [6.45, 7) is 0.493. The molecular weight excluding hydrogens is 513 g/mol. The van der Waals surface area contributed by atoms with Crippen molar-refractivity contribution < 1.29 is 32.7 Å². The van der Waals surface area contributed by atoms with Crippen molar-refractivity contribution in [3.8, 4) is 0 Å². The van der Waals surface area contributed by atoms with Crippen molar-refractivity contribution >= 4 is 62.6 Å². The number of carboxylic acid groups (broad SMARTS) is 1. The highest BCUT2D eigenvalue weighted by Gasteiger charge is 2.44. The van der Waals surface area contributed by atoms with Crippen molar-refractivity contribution in [3.63, 3.8) is 0 Å². The van der Waals surface area contributed by atoms with E-state index in [0.717, 1.165) is 10.9 Å². The fraction of sp³-hybridized carbons (Fsp3) is 0.250. The first-order chi connectivity index (χ1) is 16.4. The van der Waals surface area contributed by atoms with Crippen LogP contribution < -0.4 is 21.7 Å². The lowest BCUT2D eigenvalue weighted by molar-refractivity contribution is -0.192. The van der Waals surface area contributed by atoms with Crippen molar-refractivity contribution in [3.05, 3.63) is 46.6 Å². The maximum atomic E-state index is 12.6. The number of carboxylic acids is 1. The normalized spacial score (nSPS) is 17.3. The van der Waals surface area contributed by atoms with Crippen molar-refractivity contribution in [2.45, 2.75) is 24.6 Å². The van der Waals surface area contributed by atoms with E-state index in [1.807, 2.05) is 18.2 Å². The lowest BCUT2D eigenvalue weighted by Crippen LogP contribution is -2.56. The van der Waals surface area contributed by atoms with Crippen molar-refractivity contribution in [2.75, 3.05) is 17.6 Å². The number of carbonyl (C=O) groups is 3. The number of carbonyl (C=O) groups excluding carboxylic acids is 2. The quantitative estimate of drug-likeness (QED) is 0.346. The van der Waals surface area contributed by atoms with Crippen LogP contribution in [0.3, 0.4) is 0 Å². The van der Waals surface area contributed by atoms with Gasteiger partial charge in [0.15, 0.2) is 0 Å². The third-order valence-electron chi connectivity index (χ3n) is 4.91. The summed E-state index contributed by atoms with van der Waals surface area (Å²) in [6.07, 6.45) is -2.87. The molecule has 0 radical (unpaired) electrons. The lowest BCUT2D eigenvalue weighted by atomic mass is 9.89. The van der Waals surface area contributed by atoms with Crippen LogP contribution in [-0.4, -0.2) is 51.2 Å². The Morgan fingerprint density at radius 1 is 1.26 bits per heavy atom. The fourth-order valence-electron chi connectivity index (χ4n) is 3.33. The molecule has 3 aromatic rings. The zero-order chi connectivity index (χ0) is 25.8. The Morgan fingerprint density at radius 3 is 2.54 bits per heavy atom. The molecule has 1 aliphatic rings. The number of alkyl halides is 3. The van der Waals surface area contributed by atoms with E-state index >= 15 is 0 Å². The molecule has 3 amide bonds. The number of aromatic nitrogens is 2. The van der Waals surface area contributed by atoms with Gasteiger partial charge in [-0.2, -0.15) is 13.2 Å². The number of nitrogen functional groups attached to an aromatic ring is 1. The van der Waals surface area contributed by atoms with Gasteiger partial charge >= 0.3 is 18.2 Å². The van der Waals surface area contributed by atoms with Crippen LogP contribution in [0.4, 0.5) is 28.8 Å². The minimum absolute atomic E-state index is 0.214. The van der Waals surface area contributed by atoms with Crippen molar-refractivity contribution in [1.82, 2.24) is 20.6 Å². The zero-order valence-electron chi connectivity index (χ0n) is 17.6. The van der Waals surface area contributed by atoms with E-state index in [1.54, 1.807) is 12.1 Å². The summed E-state index contributed by atoms with van der Waals surface area (Å²) in [6, 6.07) is 8.51. The third kappa shape index (κ3) is 6.48. The van der Waals surface area contributed by atoms with Crippen LogP contribution in [0.5, 0.6) is 0 Å². The van der Waals surface area contributed by atoms with Crippen LogP contribution in [0.2, 0.25) is 4.34 Å². The average Bonchev–Trinajstić information content (AvgIpc) is 3.33. The number of anilines is 2. The van der Waals surface area contributed by atoms with Gasteiger partial charge in [0.1, 0.15) is 17.7 Å². The van der Waals surface area contributed by atoms with E-state index in [0.29, 0.717) is 40.1 Å². The van der Waals surface area contributed by atoms with E-state index in [9.17, 15) is 22.8 Å². The summed E-state index contributed by atoms with van der Waals surface area (Å²) in [5, 5.41) is 16.9. The van der Waals surface area contributed by atoms with Gasteiger partial charge in [0.2, 0.25) is 5.91 Å². The second-order valence-electron chi connectivity index (χ2n) is 7.36. The molecule has 1 saturated heterocycles. The maximum Gasteiger partial charge on any atom is 0.490 e. The standard InChI is InChI=1S/C18H17ClN6O2S.C2HF3O2/c19-13-3-4-14(28-13)24-17(27)25-18(5-6-21-16(18)26)8-10-1-2-11-12(7-10)22-9-23-15(11)20;3-2(4,5)1(6)7/h1-4,7,9H,5-6,8H2,(H,21,26)(H2,20,22,23)(H2,24,25,27);(H,6,7)/t18-;/m1./s1. The molecule has 186 valence electrons. The molecule has 1 fully saturated rings. The number of aliphatic carboxylic acids is 1. The summed E-state index contributed by atoms with van der Waals surface area (Å²) in [7, 11) is 0. The van der Waals surface area contributed by atoms with Gasteiger partial charge in [-0.15, -0.1) is 11.3 Å². The molecule has 3 heterocycles. The smallest absolute Gasteiger partial charge is 0.475 e. The molecule has 35 heavy (non-hydrogen) atoms. The Kier molecular flexibility index (Phi) is 7.65. The van der Waals surface area contributed by atoms with Gasteiger partial charge in [0.25, 0.3) is 0 Å². The number of rotatable bonds is 4. The summed E-state index contributed by atoms with van der Waals surface area (Å²) in [5.74, 6) is -2.57. The molecule has 15 heteroatoms. The number of nitrogens with zero attached hydrogens (tertiary/aromatic N) is 2. The molecule has 0 spiro atoms. The number of benzene rings is 1. The monoisotopic (exact) mass is 530 g/mol. The van der Waals surface area contributed by atoms with Crippen LogP contribution in [0.1, 0.15) is 12.0 Å². The molecule has 6 N–H and O–H groups in total. The first-order valence-corrected chi connectivity index (χ1v) is 11.0. The van der Waals surface area contributed by atoms with E-state index in [-0.39, 0.29) is 5.91 Å². The van der Waals surface area contributed by atoms with Gasteiger partial charge in [-0.3, -0.25) is 10.1 Å². The van der Waals surface area contributed by atoms with Gasteiger partial charge < -0.3 is 21.5 Å². The first kappa shape index (κ1) is 26.0. The largest absolute Gasteiger partial charge is 0.490 e. The Balaban J connectivity index is 0.000000429. The van der Waals surface area contributed by atoms with Gasteiger partial charge in [-0.25, -0.2) is 19.6 Å². The van der Waals surface area contributed by atoms with Crippen molar-refractivity contribution in [1.29, 1.82) is 0 Å². The predicted octanol–water partition coefficient (Wildman–Crippen LogP) is 3.18. The van der Waals surface area contributed by atoms with Gasteiger partial charge in [-0.1, -0.05) is 17.7 Å². The van der Waals surface area contributed by atoms with Crippen LogP contribution in [0, 0.1) is 0 Å². The number of halogens is 4. The number of amides is 3. The highest BCUT2D eigenvalue weighted by atomic mass is 35.5. The topological polar surface area (TPSA) is 159 Å². The van der Waals surface area contributed by atoms with E-state index in [2.05, 4.69) is 25.9 Å². The van der Waals surface area contributed by atoms with E-state index in [1.165, 1.54) is 17.7 Å². The van der Waals surface area contributed by atoms with Crippen LogP contribution >= 0.6 is 22.9 Å². The number of hydrogen-bond acceptors (Lipinski definition) is 7. The Morgan fingerprint density at radius 2 is 1.97 bits per heavy atom. The van der Waals surface area contributed by atoms with Gasteiger partial charge in [0, 0.05) is 18.4 Å². The molecule has 1 atom stereocenters. The lowest BCUT2D eigenvalue weighted by Gasteiger charge is -2.27. The third-order valence-corrected chi connectivity index (χ3v) is 6.06. The van der Waals surface area contributed by atoms with Gasteiger partial charge in [0.05, 0.1) is 14.9 Å². The minimum atomic E-state index is -5.08. The fourth-order valence-corrected chi connectivity index (χ4v) is 4.27. The van der Waals surface area contributed by atoms with E-state index < -0.39 is 23.7 Å². The molecule has 0 aliphatic carbocycles. The van der Waals surface area contributed by atoms with Crippen LogP contribution in [0.15, 0.2) is 36.7 Å². The van der Waals surface area contributed by atoms with Crippen molar-refractivity contribution in [2.24, 2.45) is 0 Å². The molecular formula is C20H18ClF3N6O4S. The molecule has 10 nitrogen and oxygen atoms in total.